The monoisotopic (exact) mass is 438 g/mol. The average Bonchev–Trinajstić information content (AvgIpc) is 2.78. The van der Waals surface area contributed by atoms with Crippen LogP contribution in [0, 0.1) is 11.8 Å². The lowest BCUT2D eigenvalue weighted by Gasteiger charge is -2.24. The molecule has 0 radical (unpaired) electrons. The van der Waals surface area contributed by atoms with Crippen molar-refractivity contribution >= 4 is 40.9 Å². The van der Waals surface area contributed by atoms with Crippen LogP contribution < -0.4 is 10.6 Å². The Morgan fingerprint density at radius 1 is 0.968 bits per heavy atom. The Hall–Kier alpha value is -3.06. The Morgan fingerprint density at radius 3 is 2.32 bits per heavy atom. The Labute approximate surface area is 186 Å². The van der Waals surface area contributed by atoms with Gasteiger partial charge in [0.15, 0.2) is 0 Å². The highest BCUT2D eigenvalue weighted by molar-refractivity contribution is 8.00. The fourth-order valence-corrected chi connectivity index (χ4v) is 4.50. The van der Waals surface area contributed by atoms with Crippen LogP contribution in [0.3, 0.4) is 0 Å². The summed E-state index contributed by atoms with van der Waals surface area (Å²) in [5.41, 5.74) is 1.34. The molecular weight excluding hydrogens is 412 g/mol. The molecule has 3 rings (SSSR count). The zero-order valence-electron chi connectivity index (χ0n) is 17.3. The van der Waals surface area contributed by atoms with Crippen molar-refractivity contribution in [3.05, 3.63) is 66.7 Å². The third-order valence-corrected chi connectivity index (χ3v) is 6.53. The Bertz CT molecular complexity index is 961. The standard InChI is InChI=1S/C24H26N2O4S/c1-2-21(23(28)25-16-9-4-3-5-10-16)31-18-12-8-11-17(15-18)26-22(27)19-13-6-7-14-20(19)24(29)30/h3-12,15,19-21H,2,13-14H2,1H3,(H,25,28)(H,26,27)(H,29,30). The fraction of sp³-hybridized carbons (Fsp3) is 0.292. The lowest BCUT2D eigenvalue weighted by atomic mass is 9.82. The molecule has 7 heteroatoms. The highest BCUT2D eigenvalue weighted by Crippen LogP contribution is 2.30. The van der Waals surface area contributed by atoms with Gasteiger partial charge in [-0.15, -0.1) is 11.8 Å². The minimum Gasteiger partial charge on any atom is -0.481 e. The van der Waals surface area contributed by atoms with E-state index >= 15 is 0 Å². The normalized spacial score (nSPS) is 18.7. The van der Waals surface area contributed by atoms with Crippen molar-refractivity contribution in [3.63, 3.8) is 0 Å². The second kappa shape index (κ2) is 10.8. The number of hydrogen-bond donors (Lipinski definition) is 3. The second-order valence-corrected chi connectivity index (χ2v) is 8.66. The van der Waals surface area contributed by atoms with Crippen LogP contribution in [0.25, 0.3) is 0 Å². The molecule has 1 aliphatic carbocycles. The minimum absolute atomic E-state index is 0.0774. The molecule has 0 saturated heterocycles. The SMILES string of the molecule is CCC(Sc1cccc(NC(=O)C2CC=CCC2C(=O)O)c1)C(=O)Nc1ccccc1. The van der Waals surface area contributed by atoms with Gasteiger partial charge in [-0.1, -0.05) is 43.3 Å². The van der Waals surface area contributed by atoms with E-state index in [2.05, 4.69) is 10.6 Å². The number of thioether (sulfide) groups is 1. The van der Waals surface area contributed by atoms with E-state index in [0.29, 0.717) is 24.9 Å². The van der Waals surface area contributed by atoms with Crippen LogP contribution in [0.4, 0.5) is 11.4 Å². The van der Waals surface area contributed by atoms with Gasteiger partial charge >= 0.3 is 5.97 Å². The number of carbonyl (C=O) groups is 3. The summed E-state index contributed by atoms with van der Waals surface area (Å²) in [6.45, 7) is 1.95. The molecule has 0 aromatic heterocycles. The van der Waals surface area contributed by atoms with Crippen molar-refractivity contribution in [3.8, 4) is 0 Å². The molecule has 0 aliphatic heterocycles. The first kappa shape index (κ1) is 22.6. The number of para-hydroxylation sites is 1. The molecule has 0 bridgehead atoms. The molecule has 3 N–H and O–H groups in total. The summed E-state index contributed by atoms with van der Waals surface area (Å²) in [5.74, 6) is -2.64. The molecule has 2 aromatic carbocycles. The summed E-state index contributed by atoms with van der Waals surface area (Å²) >= 11 is 1.43. The molecule has 2 amide bonds. The van der Waals surface area contributed by atoms with Gasteiger partial charge in [0.2, 0.25) is 11.8 Å². The molecule has 2 aromatic rings. The number of carboxylic acids is 1. The van der Waals surface area contributed by atoms with Crippen molar-refractivity contribution in [2.45, 2.75) is 36.3 Å². The van der Waals surface area contributed by atoms with Gasteiger partial charge in [-0.3, -0.25) is 14.4 Å². The van der Waals surface area contributed by atoms with Crippen LogP contribution >= 0.6 is 11.8 Å². The molecule has 3 atom stereocenters. The van der Waals surface area contributed by atoms with Crippen molar-refractivity contribution in [1.82, 2.24) is 0 Å². The Balaban J connectivity index is 1.65. The van der Waals surface area contributed by atoms with Gasteiger partial charge in [-0.25, -0.2) is 0 Å². The first-order valence-corrected chi connectivity index (χ1v) is 11.2. The van der Waals surface area contributed by atoms with Crippen molar-refractivity contribution in [2.75, 3.05) is 10.6 Å². The average molecular weight is 439 g/mol. The van der Waals surface area contributed by atoms with Gasteiger partial charge in [-0.05, 0) is 49.6 Å². The van der Waals surface area contributed by atoms with E-state index in [1.54, 1.807) is 6.07 Å². The molecule has 162 valence electrons. The van der Waals surface area contributed by atoms with Crippen LogP contribution in [0.2, 0.25) is 0 Å². The molecule has 6 nitrogen and oxygen atoms in total. The number of hydrogen-bond acceptors (Lipinski definition) is 4. The van der Waals surface area contributed by atoms with Crippen LogP contribution in [-0.4, -0.2) is 28.1 Å². The van der Waals surface area contributed by atoms with Crippen molar-refractivity contribution in [1.29, 1.82) is 0 Å². The molecule has 3 unspecified atom stereocenters. The van der Waals surface area contributed by atoms with Crippen LogP contribution in [0.5, 0.6) is 0 Å². The van der Waals surface area contributed by atoms with Gasteiger partial charge in [0.1, 0.15) is 0 Å². The highest BCUT2D eigenvalue weighted by atomic mass is 32.2. The quantitative estimate of drug-likeness (QED) is 0.406. The van der Waals surface area contributed by atoms with Gasteiger partial charge in [0.05, 0.1) is 17.1 Å². The number of carboxylic acid groups (broad SMARTS) is 1. The van der Waals surface area contributed by atoms with E-state index in [4.69, 9.17) is 0 Å². The topological polar surface area (TPSA) is 95.5 Å². The first-order chi connectivity index (χ1) is 15.0. The number of carbonyl (C=O) groups excluding carboxylic acids is 2. The number of allylic oxidation sites excluding steroid dienone is 2. The van der Waals surface area contributed by atoms with E-state index in [1.165, 1.54) is 11.8 Å². The third kappa shape index (κ3) is 6.21. The number of benzene rings is 2. The molecule has 0 spiro atoms. The maximum Gasteiger partial charge on any atom is 0.307 e. The second-order valence-electron chi connectivity index (χ2n) is 7.38. The molecule has 0 saturated carbocycles. The fourth-order valence-electron chi connectivity index (χ4n) is 3.49. The number of anilines is 2. The lowest BCUT2D eigenvalue weighted by molar-refractivity contribution is -0.146. The predicted molar refractivity (Wildman–Crippen MR) is 123 cm³/mol. The summed E-state index contributed by atoms with van der Waals surface area (Å²) in [5, 5.41) is 14.9. The third-order valence-electron chi connectivity index (χ3n) is 5.17. The molecule has 1 aliphatic rings. The Morgan fingerprint density at radius 2 is 1.65 bits per heavy atom. The molecule has 0 fully saturated rings. The van der Waals surface area contributed by atoms with Gasteiger partial charge in [-0.2, -0.15) is 0 Å². The Kier molecular flexibility index (Phi) is 7.89. The molecule has 31 heavy (non-hydrogen) atoms. The summed E-state index contributed by atoms with van der Waals surface area (Å²) in [6.07, 6.45) is 5.08. The minimum atomic E-state index is -0.955. The van der Waals surface area contributed by atoms with Crippen LogP contribution in [-0.2, 0) is 14.4 Å². The largest absolute Gasteiger partial charge is 0.481 e. The van der Waals surface area contributed by atoms with Gasteiger partial charge in [0.25, 0.3) is 0 Å². The first-order valence-electron chi connectivity index (χ1n) is 10.3. The molecule has 0 heterocycles. The van der Waals surface area contributed by atoms with Crippen molar-refractivity contribution in [2.24, 2.45) is 11.8 Å². The lowest BCUT2D eigenvalue weighted by Crippen LogP contribution is -2.34. The number of aliphatic carboxylic acids is 1. The summed E-state index contributed by atoms with van der Waals surface area (Å²) in [4.78, 5) is 37.7. The number of nitrogens with one attached hydrogen (secondary N) is 2. The zero-order chi connectivity index (χ0) is 22.2. The number of rotatable bonds is 8. The van der Waals surface area contributed by atoms with Crippen LogP contribution in [0.1, 0.15) is 26.2 Å². The van der Waals surface area contributed by atoms with E-state index in [0.717, 1.165) is 10.6 Å². The van der Waals surface area contributed by atoms with Crippen LogP contribution in [0.15, 0.2) is 71.6 Å². The maximum atomic E-state index is 12.7. The maximum absolute atomic E-state index is 12.7. The predicted octanol–water partition coefficient (Wildman–Crippen LogP) is 4.80. The number of amides is 2. The summed E-state index contributed by atoms with van der Waals surface area (Å²) < 4.78 is 0. The van der Waals surface area contributed by atoms with Gasteiger partial charge < -0.3 is 15.7 Å². The smallest absolute Gasteiger partial charge is 0.307 e. The summed E-state index contributed by atoms with van der Waals surface area (Å²) in [6, 6.07) is 16.6. The summed E-state index contributed by atoms with van der Waals surface area (Å²) in [7, 11) is 0. The highest BCUT2D eigenvalue weighted by Gasteiger charge is 2.34. The van der Waals surface area contributed by atoms with E-state index < -0.39 is 17.8 Å². The van der Waals surface area contributed by atoms with E-state index in [-0.39, 0.29) is 17.1 Å². The van der Waals surface area contributed by atoms with E-state index in [1.807, 2.05) is 67.6 Å². The van der Waals surface area contributed by atoms with Gasteiger partial charge in [0, 0.05) is 16.3 Å². The molecular formula is C24H26N2O4S. The zero-order valence-corrected chi connectivity index (χ0v) is 18.1. The van der Waals surface area contributed by atoms with Crippen molar-refractivity contribution < 1.29 is 19.5 Å². The van der Waals surface area contributed by atoms with E-state index in [9.17, 15) is 19.5 Å².